The Kier molecular flexibility index (Phi) is 5.80. The monoisotopic (exact) mass is 370 g/mol. The van der Waals surface area contributed by atoms with E-state index in [9.17, 15) is 4.79 Å². The molecule has 2 aromatic heterocycles. The molecular formula is C19H22N4O2S. The summed E-state index contributed by atoms with van der Waals surface area (Å²) in [6.07, 6.45) is 0.0729. The van der Waals surface area contributed by atoms with Gasteiger partial charge in [0.1, 0.15) is 6.42 Å². The molecule has 0 aliphatic carbocycles. The number of nitrogens with one attached hydrogen (secondary N) is 1. The van der Waals surface area contributed by atoms with E-state index in [0.29, 0.717) is 18.3 Å². The average molecular weight is 370 g/mol. The zero-order valence-electron chi connectivity index (χ0n) is 15.1. The maximum Gasteiger partial charge on any atom is 0.236 e. The van der Waals surface area contributed by atoms with Crippen LogP contribution < -0.4 is 5.32 Å². The van der Waals surface area contributed by atoms with Gasteiger partial charge < -0.3 is 14.7 Å². The maximum atomic E-state index is 12.3. The fourth-order valence-corrected chi connectivity index (χ4v) is 3.61. The van der Waals surface area contributed by atoms with Crippen molar-refractivity contribution >= 4 is 17.2 Å². The lowest BCUT2D eigenvalue weighted by Crippen LogP contribution is -2.35. The summed E-state index contributed by atoms with van der Waals surface area (Å²) in [5.41, 5.74) is 1.97. The van der Waals surface area contributed by atoms with Gasteiger partial charge in [0.05, 0.1) is 6.04 Å². The van der Waals surface area contributed by atoms with Crippen LogP contribution in [0.5, 0.6) is 0 Å². The first-order chi connectivity index (χ1) is 12.5. The van der Waals surface area contributed by atoms with Crippen LogP contribution in [0.25, 0.3) is 11.4 Å². The van der Waals surface area contributed by atoms with Crippen LogP contribution in [0.4, 0.5) is 0 Å². The Morgan fingerprint density at radius 3 is 2.77 bits per heavy atom. The van der Waals surface area contributed by atoms with Gasteiger partial charge in [-0.25, -0.2) is 0 Å². The van der Waals surface area contributed by atoms with Crippen LogP contribution in [0, 0.1) is 6.92 Å². The number of amides is 1. The predicted octanol–water partition coefficient (Wildman–Crippen LogP) is 3.07. The number of benzene rings is 1. The third-order valence-corrected chi connectivity index (χ3v) is 5.13. The summed E-state index contributed by atoms with van der Waals surface area (Å²) < 4.78 is 5.24. The second-order valence-corrected chi connectivity index (χ2v) is 7.28. The third-order valence-electron chi connectivity index (χ3n) is 4.15. The van der Waals surface area contributed by atoms with Crippen LogP contribution in [-0.2, 0) is 11.2 Å². The zero-order valence-corrected chi connectivity index (χ0v) is 15.9. The van der Waals surface area contributed by atoms with Gasteiger partial charge in [-0.2, -0.15) is 4.98 Å². The normalized spacial score (nSPS) is 12.3. The molecule has 0 saturated heterocycles. The lowest BCUT2D eigenvalue weighted by atomic mass is 10.1. The van der Waals surface area contributed by atoms with Gasteiger partial charge in [-0.3, -0.25) is 4.79 Å². The number of hydrogen-bond acceptors (Lipinski definition) is 6. The molecule has 1 N–H and O–H groups in total. The summed E-state index contributed by atoms with van der Waals surface area (Å²) in [4.78, 5) is 19.9. The van der Waals surface area contributed by atoms with Crippen molar-refractivity contribution in [1.29, 1.82) is 0 Å². The van der Waals surface area contributed by atoms with Crippen molar-refractivity contribution in [3.8, 4) is 11.4 Å². The molecule has 2 heterocycles. The van der Waals surface area contributed by atoms with Gasteiger partial charge in [0.15, 0.2) is 0 Å². The zero-order chi connectivity index (χ0) is 18.5. The van der Waals surface area contributed by atoms with Crippen molar-refractivity contribution in [3.05, 3.63) is 58.1 Å². The predicted molar refractivity (Wildman–Crippen MR) is 102 cm³/mol. The van der Waals surface area contributed by atoms with Gasteiger partial charge in [-0.15, -0.1) is 11.3 Å². The highest BCUT2D eigenvalue weighted by Crippen LogP contribution is 2.22. The number of aromatic nitrogens is 2. The fraction of sp³-hybridized carbons (Fsp3) is 0.316. The smallest absolute Gasteiger partial charge is 0.236 e. The van der Waals surface area contributed by atoms with Crippen molar-refractivity contribution in [2.45, 2.75) is 19.4 Å². The molecule has 136 valence electrons. The number of carbonyl (C=O) groups is 1. The average Bonchev–Trinajstić information content (AvgIpc) is 3.27. The highest BCUT2D eigenvalue weighted by molar-refractivity contribution is 7.10. The van der Waals surface area contributed by atoms with Gasteiger partial charge in [-0.1, -0.05) is 35.5 Å². The standard InChI is InChI=1S/C19H22N4O2S/c1-13-7-4-5-8-14(13)19-21-18(25-22-19)11-17(24)20-12-15(23(2)3)16-9-6-10-26-16/h4-10,15H,11-12H2,1-3H3,(H,20,24). The molecule has 6 nitrogen and oxygen atoms in total. The van der Waals surface area contributed by atoms with E-state index in [1.807, 2.05) is 56.7 Å². The third kappa shape index (κ3) is 4.36. The molecule has 1 aromatic carbocycles. The summed E-state index contributed by atoms with van der Waals surface area (Å²) in [6, 6.07) is 12.1. The number of rotatable bonds is 7. The van der Waals surface area contributed by atoms with Crippen LogP contribution in [0.15, 0.2) is 46.3 Å². The van der Waals surface area contributed by atoms with Crippen molar-refractivity contribution in [1.82, 2.24) is 20.4 Å². The molecule has 0 radical (unpaired) electrons. The minimum absolute atomic E-state index is 0.0729. The molecule has 7 heteroatoms. The SMILES string of the molecule is Cc1ccccc1-c1noc(CC(=O)NCC(c2cccs2)N(C)C)n1. The Hall–Kier alpha value is -2.51. The van der Waals surface area contributed by atoms with Crippen LogP contribution in [0.2, 0.25) is 0 Å². The first-order valence-corrected chi connectivity index (χ1v) is 9.27. The number of likely N-dealkylation sites (N-methyl/N-ethyl adjacent to an activating group) is 1. The van der Waals surface area contributed by atoms with E-state index >= 15 is 0 Å². The second kappa shape index (κ2) is 8.25. The van der Waals surface area contributed by atoms with Crippen molar-refractivity contribution in [2.24, 2.45) is 0 Å². The van der Waals surface area contributed by atoms with Crippen molar-refractivity contribution in [2.75, 3.05) is 20.6 Å². The van der Waals surface area contributed by atoms with Gasteiger partial charge in [0, 0.05) is 17.0 Å². The van der Waals surface area contributed by atoms with E-state index in [1.165, 1.54) is 4.88 Å². The first kappa shape index (κ1) is 18.3. The Balaban J connectivity index is 1.59. The molecule has 1 unspecified atom stereocenters. The molecule has 1 amide bonds. The highest BCUT2D eigenvalue weighted by atomic mass is 32.1. The number of aryl methyl sites for hydroxylation is 1. The van der Waals surface area contributed by atoms with Gasteiger partial charge in [0.2, 0.25) is 17.6 Å². The van der Waals surface area contributed by atoms with E-state index in [-0.39, 0.29) is 18.4 Å². The van der Waals surface area contributed by atoms with Crippen LogP contribution >= 0.6 is 11.3 Å². The molecule has 26 heavy (non-hydrogen) atoms. The largest absolute Gasteiger partial charge is 0.354 e. The van der Waals surface area contributed by atoms with E-state index in [1.54, 1.807) is 11.3 Å². The summed E-state index contributed by atoms with van der Waals surface area (Å²) in [7, 11) is 4.01. The van der Waals surface area contributed by atoms with E-state index in [2.05, 4.69) is 26.4 Å². The Bertz CT molecular complexity index is 858. The molecule has 0 aliphatic heterocycles. The summed E-state index contributed by atoms with van der Waals surface area (Å²) >= 11 is 1.68. The highest BCUT2D eigenvalue weighted by Gasteiger charge is 2.18. The van der Waals surface area contributed by atoms with Crippen LogP contribution in [-0.4, -0.2) is 41.6 Å². The van der Waals surface area contributed by atoms with E-state index < -0.39 is 0 Å². The molecule has 1 atom stereocenters. The molecule has 0 spiro atoms. The van der Waals surface area contributed by atoms with Gasteiger partial charge in [-0.05, 0) is 38.0 Å². The van der Waals surface area contributed by atoms with Crippen molar-refractivity contribution < 1.29 is 9.32 Å². The number of hydrogen-bond donors (Lipinski definition) is 1. The molecule has 3 aromatic rings. The minimum atomic E-state index is -0.131. The number of thiophene rings is 1. The second-order valence-electron chi connectivity index (χ2n) is 6.30. The number of nitrogens with zero attached hydrogens (tertiary/aromatic N) is 3. The lowest BCUT2D eigenvalue weighted by molar-refractivity contribution is -0.121. The van der Waals surface area contributed by atoms with Gasteiger partial charge >= 0.3 is 0 Å². The molecular weight excluding hydrogens is 348 g/mol. The Morgan fingerprint density at radius 1 is 1.27 bits per heavy atom. The van der Waals surface area contributed by atoms with Crippen molar-refractivity contribution in [3.63, 3.8) is 0 Å². The molecule has 3 rings (SSSR count). The molecule has 0 aliphatic rings. The minimum Gasteiger partial charge on any atom is -0.354 e. The van der Waals surface area contributed by atoms with E-state index in [4.69, 9.17) is 4.52 Å². The molecule has 0 bridgehead atoms. The Labute approximate surface area is 156 Å². The topological polar surface area (TPSA) is 71.3 Å². The van der Waals surface area contributed by atoms with E-state index in [0.717, 1.165) is 11.1 Å². The first-order valence-electron chi connectivity index (χ1n) is 8.39. The summed E-state index contributed by atoms with van der Waals surface area (Å²) in [5, 5.41) is 8.99. The quantitative estimate of drug-likeness (QED) is 0.692. The van der Waals surface area contributed by atoms with Crippen LogP contribution in [0.3, 0.4) is 0 Å². The molecule has 0 saturated carbocycles. The number of carbonyl (C=O) groups excluding carboxylic acids is 1. The van der Waals surface area contributed by atoms with Crippen LogP contribution in [0.1, 0.15) is 22.4 Å². The maximum absolute atomic E-state index is 12.3. The summed E-state index contributed by atoms with van der Waals surface area (Å²) in [5.74, 6) is 0.697. The van der Waals surface area contributed by atoms with Gasteiger partial charge in [0.25, 0.3) is 0 Å². The summed E-state index contributed by atoms with van der Waals surface area (Å²) in [6.45, 7) is 2.52. The lowest BCUT2D eigenvalue weighted by Gasteiger charge is -2.23. The Morgan fingerprint density at radius 2 is 2.08 bits per heavy atom. The fourth-order valence-electron chi connectivity index (χ4n) is 2.69. The molecule has 0 fully saturated rings.